The number of carbonyl (C=O) groups is 1. The van der Waals surface area contributed by atoms with Crippen LogP contribution in [-0.2, 0) is 16.8 Å². The number of aromatic nitrogens is 2. The van der Waals surface area contributed by atoms with E-state index in [2.05, 4.69) is 53.3 Å². The number of anilines is 1. The van der Waals surface area contributed by atoms with Crippen molar-refractivity contribution >= 4 is 23.2 Å². The number of hydrogen-bond acceptors (Lipinski definition) is 5. The Morgan fingerprint density at radius 3 is 2.38 bits per heavy atom. The molecule has 0 bridgehead atoms. The van der Waals surface area contributed by atoms with Gasteiger partial charge in [0.2, 0.25) is 17.6 Å². The Balaban J connectivity index is 1.29. The van der Waals surface area contributed by atoms with Crippen LogP contribution in [0.15, 0.2) is 53.1 Å². The van der Waals surface area contributed by atoms with Gasteiger partial charge < -0.3 is 9.84 Å². The largest absolute Gasteiger partial charge is 0.338 e. The highest BCUT2D eigenvalue weighted by Crippen LogP contribution is 2.26. The van der Waals surface area contributed by atoms with Crippen LogP contribution >= 0.6 is 11.6 Å². The van der Waals surface area contributed by atoms with Crippen LogP contribution in [0.1, 0.15) is 45.1 Å². The first-order chi connectivity index (χ1) is 15.3. The number of halogens is 1. The number of likely N-dealkylation sites (tertiary alicyclic amines) is 1. The number of amides is 1. The van der Waals surface area contributed by atoms with Crippen LogP contribution in [-0.4, -0.2) is 34.0 Å². The van der Waals surface area contributed by atoms with Gasteiger partial charge in [-0.05, 0) is 61.2 Å². The van der Waals surface area contributed by atoms with Crippen LogP contribution < -0.4 is 5.32 Å². The lowest BCUT2D eigenvalue weighted by molar-refractivity contribution is -0.121. The third kappa shape index (κ3) is 5.56. The molecule has 0 saturated carbocycles. The molecule has 1 aliphatic rings. The minimum Gasteiger partial charge on any atom is -0.338 e. The van der Waals surface area contributed by atoms with Crippen LogP contribution in [0.25, 0.3) is 11.4 Å². The molecule has 2 heterocycles. The number of piperidine rings is 1. The first-order valence-electron chi connectivity index (χ1n) is 11.0. The molecule has 7 heteroatoms. The van der Waals surface area contributed by atoms with Gasteiger partial charge in [-0.25, -0.2) is 0 Å². The van der Waals surface area contributed by atoms with Gasteiger partial charge in [0, 0.05) is 22.2 Å². The molecule has 0 atom stereocenters. The van der Waals surface area contributed by atoms with E-state index >= 15 is 0 Å². The summed E-state index contributed by atoms with van der Waals surface area (Å²) in [6.07, 6.45) is 1.60. The van der Waals surface area contributed by atoms with Crippen molar-refractivity contribution in [2.24, 2.45) is 5.92 Å². The Bertz CT molecular complexity index is 1050. The quantitative estimate of drug-likeness (QED) is 0.550. The smallest absolute Gasteiger partial charge is 0.241 e. The summed E-state index contributed by atoms with van der Waals surface area (Å²) in [7, 11) is 0. The van der Waals surface area contributed by atoms with Gasteiger partial charge >= 0.3 is 0 Å². The van der Waals surface area contributed by atoms with Gasteiger partial charge in [0.05, 0.1) is 6.54 Å². The maximum atomic E-state index is 12.6. The highest BCUT2D eigenvalue weighted by atomic mass is 35.5. The second-order valence-electron chi connectivity index (χ2n) is 9.39. The first-order valence-corrected chi connectivity index (χ1v) is 11.4. The average Bonchev–Trinajstić information content (AvgIpc) is 3.24. The minimum absolute atomic E-state index is 0.00139. The standard InChI is InChI=1S/C25H29ClN4O2/c1-25(2,3)19-6-4-17(5-7-19)23-28-22(32-29-23)16-30-14-12-18(13-15-30)24(31)27-21-10-8-20(26)9-11-21/h4-11,18H,12-16H2,1-3H3,(H,27,31). The summed E-state index contributed by atoms with van der Waals surface area (Å²) in [6.45, 7) is 8.81. The van der Waals surface area contributed by atoms with Crippen molar-refractivity contribution < 1.29 is 9.32 Å². The molecule has 1 fully saturated rings. The summed E-state index contributed by atoms with van der Waals surface area (Å²) in [6, 6.07) is 15.5. The topological polar surface area (TPSA) is 71.3 Å². The molecule has 0 unspecified atom stereocenters. The van der Waals surface area contributed by atoms with Crippen molar-refractivity contribution in [3.8, 4) is 11.4 Å². The number of nitrogens with zero attached hydrogens (tertiary/aromatic N) is 3. The Morgan fingerprint density at radius 2 is 1.75 bits per heavy atom. The van der Waals surface area contributed by atoms with Gasteiger partial charge in [-0.3, -0.25) is 9.69 Å². The zero-order chi connectivity index (χ0) is 22.7. The van der Waals surface area contributed by atoms with Gasteiger partial charge in [-0.15, -0.1) is 0 Å². The first kappa shape index (κ1) is 22.5. The van der Waals surface area contributed by atoms with Crippen molar-refractivity contribution in [1.82, 2.24) is 15.0 Å². The van der Waals surface area contributed by atoms with E-state index in [-0.39, 0.29) is 17.2 Å². The lowest BCUT2D eigenvalue weighted by Gasteiger charge is -2.30. The summed E-state index contributed by atoms with van der Waals surface area (Å²) >= 11 is 5.90. The van der Waals surface area contributed by atoms with Crippen molar-refractivity contribution in [3.63, 3.8) is 0 Å². The molecule has 168 valence electrons. The lowest BCUT2D eigenvalue weighted by Crippen LogP contribution is -2.37. The van der Waals surface area contributed by atoms with Crippen molar-refractivity contribution in [1.29, 1.82) is 0 Å². The lowest BCUT2D eigenvalue weighted by atomic mass is 9.87. The van der Waals surface area contributed by atoms with Crippen LogP contribution in [0.2, 0.25) is 5.02 Å². The molecule has 0 spiro atoms. The predicted molar refractivity (Wildman–Crippen MR) is 127 cm³/mol. The van der Waals surface area contributed by atoms with E-state index in [0.29, 0.717) is 23.3 Å². The number of rotatable bonds is 5. The Morgan fingerprint density at radius 1 is 1.09 bits per heavy atom. The Hall–Kier alpha value is -2.70. The number of carbonyl (C=O) groups excluding carboxylic acids is 1. The van der Waals surface area contributed by atoms with Gasteiger partial charge in [0.15, 0.2) is 0 Å². The maximum Gasteiger partial charge on any atom is 0.241 e. The van der Waals surface area contributed by atoms with Crippen molar-refractivity contribution in [3.05, 3.63) is 65.0 Å². The molecule has 6 nitrogen and oxygen atoms in total. The average molecular weight is 453 g/mol. The fraction of sp³-hybridized carbons (Fsp3) is 0.400. The van der Waals surface area contributed by atoms with E-state index in [9.17, 15) is 4.79 Å². The van der Waals surface area contributed by atoms with Crippen LogP contribution in [0.5, 0.6) is 0 Å². The van der Waals surface area contributed by atoms with E-state index in [1.165, 1.54) is 5.56 Å². The molecule has 2 aromatic carbocycles. The zero-order valence-electron chi connectivity index (χ0n) is 18.8. The number of nitrogens with one attached hydrogen (secondary N) is 1. The molecule has 1 aromatic heterocycles. The van der Waals surface area contributed by atoms with Crippen LogP contribution in [0, 0.1) is 5.92 Å². The Kier molecular flexibility index (Phi) is 6.63. The number of hydrogen-bond donors (Lipinski definition) is 1. The second-order valence-corrected chi connectivity index (χ2v) is 9.82. The van der Waals surface area contributed by atoms with Crippen LogP contribution in [0.3, 0.4) is 0 Å². The van der Waals surface area contributed by atoms with E-state index in [0.717, 1.165) is 37.2 Å². The molecule has 0 aliphatic carbocycles. The SMILES string of the molecule is CC(C)(C)c1ccc(-c2noc(CN3CCC(C(=O)Nc4ccc(Cl)cc4)CC3)n2)cc1. The molecular formula is C25H29ClN4O2. The summed E-state index contributed by atoms with van der Waals surface area (Å²) < 4.78 is 5.49. The van der Waals surface area contributed by atoms with E-state index in [1.54, 1.807) is 12.1 Å². The van der Waals surface area contributed by atoms with Crippen molar-refractivity contribution in [2.45, 2.75) is 45.6 Å². The monoisotopic (exact) mass is 452 g/mol. The fourth-order valence-corrected chi connectivity index (χ4v) is 4.00. The molecule has 4 rings (SSSR count). The van der Waals surface area contributed by atoms with Gasteiger partial charge in [-0.2, -0.15) is 4.98 Å². The molecule has 1 saturated heterocycles. The van der Waals surface area contributed by atoms with Crippen molar-refractivity contribution in [2.75, 3.05) is 18.4 Å². The van der Waals surface area contributed by atoms with Gasteiger partial charge in [0.25, 0.3) is 0 Å². The van der Waals surface area contributed by atoms with Crippen LogP contribution in [0.4, 0.5) is 5.69 Å². The molecule has 1 amide bonds. The second kappa shape index (κ2) is 9.43. The third-order valence-electron chi connectivity index (χ3n) is 5.91. The minimum atomic E-state index is 0.00139. The highest BCUT2D eigenvalue weighted by Gasteiger charge is 2.26. The molecule has 32 heavy (non-hydrogen) atoms. The van der Waals surface area contributed by atoms with E-state index in [4.69, 9.17) is 16.1 Å². The zero-order valence-corrected chi connectivity index (χ0v) is 19.5. The molecular weight excluding hydrogens is 424 g/mol. The summed E-state index contributed by atoms with van der Waals surface area (Å²) in [4.78, 5) is 19.4. The summed E-state index contributed by atoms with van der Waals surface area (Å²) in [5.41, 5.74) is 3.10. The molecule has 0 radical (unpaired) electrons. The summed E-state index contributed by atoms with van der Waals surface area (Å²) in [5, 5.41) is 7.79. The third-order valence-corrected chi connectivity index (χ3v) is 6.16. The van der Waals surface area contributed by atoms with Gasteiger partial charge in [-0.1, -0.05) is 61.8 Å². The number of benzene rings is 2. The molecule has 3 aromatic rings. The molecule has 1 N–H and O–H groups in total. The van der Waals surface area contributed by atoms with E-state index < -0.39 is 0 Å². The normalized spacial score (nSPS) is 15.6. The highest BCUT2D eigenvalue weighted by molar-refractivity contribution is 6.30. The van der Waals surface area contributed by atoms with Gasteiger partial charge in [0.1, 0.15) is 0 Å². The molecule has 1 aliphatic heterocycles. The maximum absolute atomic E-state index is 12.6. The predicted octanol–water partition coefficient (Wildman–Crippen LogP) is 5.54. The summed E-state index contributed by atoms with van der Waals surface area (Å²) in [5.74, 6) is 1.27. The Labute approximate surface area is 194 Å². The van der Waals surface area contributed by atoms with E-state index in [1.807, 2.05) is 24.3 Å². The fourth-order valence-electron chi connectivity index (χ4n) is 3.88.